The fourth-order valence-corrected chi connectivity index (χ4v) is 4.87. The van der Waals surface area contributed by atoms with Gasteiger partial charge in [0.1, 0.15) is 12.1 Å². The summed E-state index contributed by atoms with van der Waals surface area (Å²) in [5.41, 5.74) is 4.20. The number of rotatable bonds is 3. The predicted molar refractivity (Wildman–Crippen MR) is 124 cm³/mol. The summed E-state index contributed by atoms with van der Waals surface area (Å²) < 4.78 is 6.09. The van der Waals surface area contributed by atoms with Gasteiger partial charge in [-0.1, -0.05) is 66.7 Å². The van der Waals surface area contributed by atoms with Crippen molar-refractivity contribution >= 4 is 22.7 Å². The molecule has 32 heavy (non-hydrogen) atoms. The number of ether oxygens (including phenoxy) is 1. The maximum absolute atomic E-state index is 13.6. The van der Waals surface area contributed by atoms with Crippen molar-refractivity contribution in [2.24, 2.45) is 5.84 Å². The molecule has 2 atom stereocenters. The van der Waals surface area contributed by atoms with E-state index in [9.17, 15) is 4.79 Å². The highest BCUT2D eigenvalue weighted by molar-refractivity contribution is 5.97. The van der Waals surface area contributed by atoms with Crippen molar-refractivity contribution in [1.82, 2.24) is 10.3 Å². The lowest BCUT2D eigenvalue weighted by atomic mass is 9.89. The van der Waals surface area contributed by atoms with Crippen LogP contribution in [0.1, 0.15) is 48.6 Å². The predicted octanol–water partition coefficient (Wildman–Crippen LogP) is 4.49. The van der Waals surface area contributed by atoms with Gasteiger partial charge in [0.25, 0.3) is 0 Å². The highest BCUT2D eigenvalue weighted by Gasteiger charge is 2.38. The van der Waals surface area contributed by atoms with Gasteiger partial charge in [0, 0.05) is 5.70 Å². The van der Waals surface area contributed by atoms with E-state index in [4.69, 9.17) is 16.0 Å². The van der Waals surface area contributed by atoms with Gasteiger partial charge in [-0.15, -0.1) is 0 Å². The number of allylic oxidation sites excluding steroid dienone is 1. The molecule has 1 aliphatic carbocycles. The Morgan fingerprint density at radius 1 is 1.06 bits per heavy atom. The van der Waals surface area contributed by atoms with E-state index in [1.165, 1.54) is 10.6 Å². The Morgan fingerprint density at radius 3 is 2.66 bits per heavy atom. The third kappa shape index (κ3) is 3.42. The second-order valence-corrected chi connectivity index (χ2v) is 8.38. The van der Waals surface area contributed by atoms with Crippen LogP contribution in [0.2, 0.25) is 0 Å². The number of nitrogens with two attached hydrogens (primary N) is 1. The average molecular weight is 427 g/mol. The lowest BCUT2D eigenvalue weighted by molar-refractivity contribution is -0.146. The molecule has 0 radical (unpaired) electrons. The molecule has 0 saturated carbocycles. The molecule has 162 valence electrons. The fourth-order valence-electron chi connectivity index (χ4n) is 4.87. The average Bonchev–Trinajstić information content (AvgIpc) is 2.81. The molecular formula is C26H26N4O2. The van der Waals surface area contributed by atoms with Crippen molar-refractivity contribution in [2.75, 3.05) is 0 Å². The second kappa shape index (κ2) is 8.13. The number of benzene rings is 3. The van der Waals surface area contributed by atoms with Crippen LogP contribution in [0.5, 0.6) is 0 Å². The van der Waals surface area contributed by atoms with Crippen LogP contribution in [0.4, 0.5) is 0 Å². The number of guanidine groups is 1. The van der Waals surface area contributed by atoms with Crippen LogP contribution in [0, 0.1) is 5.41 Å². The Labute approximate surface area is 187 Å². The smallest absolute Gasteiger partial charge is 0.338 e. The van der Waals surface area contributed by atoms with Crippen LogP contribution >= 0.6 is 0 Å². The van der Waals surface area contributed by atoms with Crippen LogP contribution in [0.15, 0.2) is 78.0 Å². The number of hydrogen-bond acceptors (Lipinski definition) is 4. The third-order valence-electron chi connectivity index (χ3n) is 6.42. The van der Waals surface area contributed by atoms with Crippen LogP contribution in [-0.2, 0) is 16.0 Å². The van der Waals surface area contributed by atoms with Crippen molar-refractivity contribution in [2.45, 2.75) is 38.3 Å². The highest BCUT2D eigenvalue weighted by Crippen LogP contribution is 2.38. The molecule has 0 bridgehead atoms. The van der Waals surface area contributed by atoms with Crippen LogP contribution in [0.3, 0.4) is 0 Å². The van der Waals surface area contributed by atoms with Crippen LogP contribution in [0.25, 0.3) is 10.8 Å². The zero-order valence-electron chi connectivity index (χ0n) is 18.0. The lowest BCUT2D eigenvalue weighted by Crippen LogP contribution is -2.52. The molecule has 0 spiro atoms. The van der Waals surface area contributed by atoms with E-state index in [0.717, 1.165) is 41.2 Å². The number of carbonyl (C=O) groups is 1. The standard InChI is InChI=1S/C26H26N4O2/c1-16-23(25(31)32-22-15-7-11-18-9-3-5-13-20(18)22)24(30(28)26(27)29-16)21-14-6-10-17-8-2-4-12-19(17)21/h2-6,8-10,12-14,22,24H,7,11,15,28H2,1H3,(H2,27,29). The van der Waals surface area contributed by atoms with Gasteiger partial charge in [0.2, 0.25) is 5.96 Å². The van der Waals surface area contributed by atoms with Crippen molar-refractivity contribution in [3.05, 3.63) is 94.7 Å². The number of nitrogens with one attached hydrogen (secondary N) is 2. The zero-order chi connectivity index (χ0) is 22.2. The minimum atomic E-state index is -0.624. The first-order valence-corrected chi connectivity index (χ1v) is 10.9. The molecule has 3 aromatic carbocycles. The Bertz CT molecular complexity index is 1240. The van der Waals surface area contributed by atoms with Crippen molar-refractivity contribution in [1.29, 1.82) is 5.41 Å². The van der Waals surface area contributed by atoms with E-state index in [1.54, 1.807) is 6.92 Å². The molecule has 1 aliphatic heterocycles. The summed E-state index contributed by atoms with van der Waals surface area (Å²) in [6, 6.07) is 21.5. The minimum absolute atomic E-state index is 0.0417. The number of esters is 1. The molecule has 5 rings (SSSR count). The Hall–Kier alpha value is -3.64. The number of nitrogens with zero attached hydrogens (tertiary/aromatic N) is 1. The molecule has 6 heteroatoms. The number of hydrogen-bond donors (Lipinski definition) is 3. The molecule has 0 fully saturated rings. The van der Waals surface area contributed by atoms with Crippen molar-refractivity contribution in [3.63, 3.8) is 0 Å². The second-order valence-electron chi connectivity index (χ2n) is 8.38. The fraction of sp³-hybridized carbons (Fsp3) is 0.231. The van der Waals surface area contributed by atoms with Gasteiger partial charge in [0.15, 0.2) is 0 Å². The molecule has 0 aromatic heterocycles. The van der Waals surface area contributed by atoms with Gasteiger partial charge in [-0.3, -0.25) is 10.4 Å². The normalized spacial score (nSPS) is 20.7. The number of carbonyl (C=O) groups excluding carboxylic acids is 1. The van der Waals surface area contributed by atoms with Gasteiger partial charge in [0.05, 0.1) is 5.57 Å². The van der Waals surface area contributed by atoms with E-state index in [1.807, 2.05) is 60.7 Å². The lowest BCUT2D eigenvalue weighted by Gasteiger charge is -2.37. The summed E-state index contributed by atoms with van der Waals surface area (Å²) in [7, 11) is 0. The van der Waals surface area contributed by atoms with Gasteiger partial charge in [-0.2, -0.15) is 0 Å². The summed E-state index contributed by atoms with van der Waals surface area (Å²) in [6.45, 7) is 1.80. The third-order valence-corrected chi connectivity index (χ3v) is 6.42. The molecule has 2 aliphatic rings. The molecule has 0 amide bonds. The quantitative estimate of drug-likeness (QED) is 0.424. The van der Waals surface area contributed by atoms with Gasteiger partial charge in [-0.25, -0.2) is 10.6 Å². The van der Waals surface area contributed by atoms with Gasteiger partial charge < -0.3 is 10.1 Å². The van der Waals surface area contributed by atoms with Gasteiger partial charge >= 0.3 is 5.97 Å². The van der Waals surface area contributed by atoms with Crippen molar-refractivity contribution in [3.8, 4) is 0 Å². The van der Waals surface area contributed by atoms with E-state index in [-0.39, 0.29) is 12.1 Å². The van der Waals surface area contributed by atoms with E-state index in [0.29, 0.717) is 11.3 Å². The first kappa shape index (κ1) is 20.3. The first-order chi connectivity index (χ1) is 15.5. The van der Waals surface area contributed by atoms with E-state index >= 15 is 0 Å². The summed E-state index contributed by atoms with van der Waals surface area (Å²) in [5.74, 6) is 5.99. The monoisotopic (exact) mass is 426 g/mol. The zero-order valence-corrected chi connectivity index (χ0v) is 18.0. The summed E-state index contributed by atoms with van der Waals surface area (Å²) in [5, 5.41) is 14.6. The largest absolute Gasteiger partial charge is 0.454 e. The molecule has 3 aromatic rings. The molecule has 0 saturated heterocycles. The van der Waals surface area contributed by atoms with Crippen molar-refractivity contribution < 1.29 is 9.53 Å². The maximum Gasteiger partial charge on any atom is 0.338 e. The Morgan fingerprint density at radius 2 is 1.78 bits per heavy atom. The summed E-state index contributed by atoms with van der Waals surface area (Å²) >= 11 is 0. The number of fused-ring (bicyclic) bond motifs is 2. The Kier molecular flexibility index (Phi) is 5.15. The number of hydrazine groups is 1. The maximum atomic E-state index is 13.6. The Balaban J connectivity index is 1.56. The van der Waals surface area contributed by atoms with Crippen LogP contribution in [-0.4, -0.2) is 16.9 Å². The topological polar surface area (TPSA) is 91.4 Å². The molecule has 6 nitrogen and oxygen atoms in total. The summed E-state index contributed by atoms with van der Waals surface area (Å²) in [6.07, 6.45) is 2.49. The minimum Gasteiger partial charge on any atom is -0.454 e. The van der Waals surface area contributed by atoms with E-state index in [2.05, 4.69) is 11.4 Å². The van der Waals surface area contributed by atoms with Gasteiger partial charge in [-0.05, 0) is 53.6 Å². The first-order valence-electron chi connectivity index (χ1n) is 10.9. The molecule has 4 N–H and O–H groups in total. The molecule has 2 unspecified atom stereocenters. The highest BCUT2D eigenvalue weighted by atomic mass is 16.5. The molecule has 1 heterocycles. The summed E-state index contributed by atoms with van der Waals surface area (Å²) in [4.78, 5) is 13.6. The van der Waals surface area contributed by atoms with Crippen LogP contribution < -0.4 is 11.2 Å². The molecular weight excluding hydrogens is 400 g/mol. The number of aryl methyl sites for hydroxylation is 1. The SMILES string of the molecule is CC1=C(C(=O)OC2CCCc3ccccc32)C(c2cccc3ccccc23)N(N)C(=N)N1. The van der Waals surface area contributed by atoms with E-state index < -0.39 is 12.0 Å².